The summed E-state index contributed by atoms with van der Waals surface area (Å²) in [6.07, 6.45) is 2.54. The van der Waals surface area contributed by atoms with E-state index in [9.17, 15) is 9.59 Å². The number of carbonyl (C=O) groups is 2. The number of hydrogen-bond donors (Lipinski definition) is 2. The van der Waals surface area contributed by atoms with Crippen molar-refractivity contribution in [3.8, 4) is 11.5 Å². The van der Waals surface area contributed by atoms with E-state index in [1.807, 2.05) is 42.5 Å². The Morgan fingerprint density at radius 2 is 1.91 bits per heavy atom. The van der Waals surface area contributed by atoms with E-state index >= 15 is 0 Å². The molecule has 34 heavy (non-hydrogen) atoms. The van der Waals surface area contributed by atoms with E-state index in [1.165, 1.54) is 7.11 Å². The third kappa shape index (κ3) is 4.54. The lowest BCUT2D eigenvalue weighted by atomic mass is 9.94. The van der Waals surface area contributed by atoms with Gasteiger partial charge < -0.3 is 29.4 Å². The van der Waals surface area contributed by atoms with Crippen LogP contribution in [0.25, 0.3) is 0 Å². The van der Waals surface area contributed by atoms with Crippen LogP contribution < -0.4 is 14.8 Å². The molecule has 4 rings (SSSR count). The summed E-state index contributed by atoms with van der Waals surface area (Å²) in [4.78, 5) is 35.5. The highest BCUT2D eigenvalue weighted by Gasteiger charge is 2.37. The number of fused-ring (bicyclic) bond motifs is 1. The minimum Gasteiger partial charge on any atom is -0.493 e. The number of methoxy groups -OCH3 is 3. The molecule has 2 unspecified atom stereocenters. The first-order chi connectivity index (χ1) is 16.6. The lowest BCUT2D eigenvalue weighted by Gasteiger charge is -2.36. The van der Waals surface area contributed by atoms with E-state index < -0.39 is 24.1 Å². The molecule has 2 atom stereocenters. The summed E-state index contributed by atoms with van der Waals surface area (Å²) >= 11 is 0. The van der Waals surface area contributed by atoms with Gasteiger partial charge in [-0.2, -0.15) is 0 Å². The number of imidazole rings is 1. The van der Waals surface area contributed by atoms with Gasteiger partial charge in [0.25, 0.3) is 0 Å². The molecule has 1 aliphatic rings. The number of amides is 2. The fraction of sp³-hybridized carbons (Fsp3) is 0.320. The molecule has 2 aromatic carbocycles. The van der Waals surface area contributed by atoms with Crippen molar-refractivity contribution in [3.05, 3.63) is 77.4 Å². The number of urea groups is 1. The number of hydrogen-bond acceptors (Lipinski definition) is 6. The number of nitrogens with one attached hydrogen (secondary N) is 2. The maximum absolute atomic E-state index is 13.6. The normalized spacial score (nSPS) is 15.7. The largest absolute Gasteiger partial charge is 0.493 e. The lowest BCUT2D eigenvalue weighted by molar-refractivity contribution is -0.142. The second-order valence-corrected chi connectivity index (χ2v) is 7.91. The van der Waals surface area contributed by atoms with E-state index in [0.717, 1.165) is 22.5 Å². The number of aromatic nitrogens is 2. The Morgan fingerprint density at radius 3 is 2.62 bits per heavy atom. The Kier molecular flexibility index (Phi) is 7.01. The molecular formula is C25H28N4O5. The van der Waals surface area contributed by atoms with Crippen molar-refractivity contribution >= 4 is 12.0 Å². The third-order valence-corrected chi connectivity index (χ3v) is 5.98. The summed E-state index contributed by atoms with van der Waals surface area (Å²) < 4.78 is 16.1. The molecule has 0 radical (unpaired) electrons. The van der Waals surface area contributed by atoms with Gasteiger partial charge >= 0.3 is 12.0 Å². The summed E-state index contributed by atoms with van der Waals surface area (Å²) in [5, 5.41) is 2.88. The van der Waals surface area contributed by atoms with Crippen LogP contribution in [-0.4, -0.2) is 60.8 Å². The molecule has 0 spiro atoms. The minimum absolute atomic E-state index is 0.313. The molecule has 9 nitrogen and oxygen atoms in total. The molecule has 2 heterocycles. The molecule has 0 saturated heterocycles. The predicted octanol–water partition coefficient (Wildman–Crippen LogP) is 2.87. The predicted molar refractivity (Wildman–Crippen MR) is 125 cm³/mol. The smallest absolute Gasteiger partial charge is 0.328 e. The molecule has 0 fully saturated rings. The Morgan fingerprint density at radius 1 is 1.12 bits per heavy atom. The third-order valence-electron chi connectivity index (χ3n) is 5.98. The molecule has 2 N–H and O–H groups in total. The van der Waals surface area contributed by atoms with Crippen LogP contribution in [-0.2, 0) is 22.4 Å². The average molecular weight is 465 g/mol. The van der Waals surface area contributed by atoms with Crippen molar-refractivity contribution in [1.82, 2.24) is 20.2 Å². The number of H-pyrrole nitrogens is 1. The molecule has 0 aliphatic carbocycles. The zero-order valence-corrected chi connectivity index (χ0v) is 19.4. The SMILES string of the molecule is COC(=O)C(Cc1ccccc1)NC(=O)N1CCc2[nH]cnc2C1c1cccc(OC)c1OC. The number of esters is 1. The van der Waals surface area contributed by atoms with Gasteiger partial charge in [0.2, 0.25) is 0 Å². The van der Waals surface area contributed by atoms with Gasteiger partial charge in [0.05, 0.1) is 33.4 Å². The zero-order valence-electron chi connectivity index (χ0n) is 19.4. The highest BCUT2D eigenvalue weighted by Crippen LogP contribution is 2.42. The van der Waals surface area contributed by atoms with Crippen molar-refractivity contribution in [1.29, 1.82) is 0 Å². The molecule has 9 heteroatoms. The van der Waals surface area contributed by atoms with E-state index in [1.54, 1.807) is 31.5 Å². The van der Waals surface area contributed by atoms with E-state index in [2.05, 4.69) is 15.3 Å². The number of benzene rings is 2. The first-order valence-electron chi connectivity index (χ1n) is 11.0. The van der Waals surface area contributed by atoms with Gasteiger partial charge in [-0.05, 0) is 11.6 Å². The fourth-order valence-corrected chi connectivity index (χ4v) is 4.36. The quantitative estimate of drug-likeness (QED) is 0.521. The Balaban J connectivity index is 1.68. The summed E-state index contributed by atoms with van der Waals surface area (Å²) in [5.74, 6) is 0.571. The van der Waals surface area contributed by atoms with Crippen molar-refractivity contribution in [2.75, 3.05) is 27.9 Å². The van der Waals surface area contributed by atoms with E-state index in [0.29, 0.717) is 30.9 Å². The molecule has 3 aromatic rings. The summed E-state index contributed by atoms with van der Waals surface area (Å²) in [7, 11) is 4.44. The number of carbonyl (C=O) groups excluding carboxylic acids is 2. The number of ether oxygens (including phenoxy) is 3. The molecular weight excluding hydrogens is 436 g/mol. The Bertz CT molecular complexity index is 1150. The molecule has 0 bridgehead atoms. The van der Waals surface area contributed by atoms with Crippen LogP contribution in [0.1, 0.15) is 28.6 Å². The first-order valence-corrected chi connectivity index (χ1v) is 11.0. The number of para-hydroxylation sites is 1. The van der Waals surface area contributed by atoms with Crippen molar-refractivity contribution < 1.29 is 23.8 Å². The van der Waals surface area contributed by atoms with Gasteiger partial charge in [-0.25, -0.2) is 14.6 Å². The van der Waals surface area contributed by atoms with Crippen LogP contribution in [0, 0.1) is 0 Å². The minimum atomic E-state index is -0.840. The van der Waals surface area contributed by atoms with Gasteiger partial charge in [-0.3, -0.25) is 0 Å². The van der Waals surface area contributed by atoms with Gasteiger partial charge in [0.15, 0.2) is 11.5 Å². The van der Waals surface area contributed by atoms with Gasteiger partial charge in [-0.1, -0.05) is 42.5 Å². The second kappa shape index (κ2) is 10.3. The molecule has 2 amide bonds. The summed E-state index contributed by atoms with van der Waals surface area (Å²) in [6, 6.07) is 13.3. The van der Waals surface area contributed by atoms with Gasteiger partial charge in [0, 0.05) is 30.6 Å². The first kappa shape index (κ1) is 23.2. The monoisotopic (exact) mass is 464 g/mol. The van der Waals surface area contributed by atoms with Crippen LogP contribution in [0.3, 0.4) is 0 Å². The van der Waals surface area contributed by atoms with Crippen molar-refractivity contribution in [2.45, 2.75) is 24.9 Å². The van der Waals surface area contributed by atoms with Crippen molar-refractivity contribution in [3.63, 3.8) is 0 Å². The summed E-state index contributed by atoms with van der Waals surface area (Å²) in [5.41, 5.74) is 3.33. The summed E-state index contributed by atoms with van der Waals surface area (Å²) in [6.45, 7) is 0.422. The zero-order chi connectivity index (χ0) is 24.1. The Labute approximate surface area is 198 Å². The van der Waals surface area contributed by atoms with Crippen LogP contribution in [0.2, 0.25) is 0 Å². The Hall–Kier alpha value is -4.01. The second-order valence-electron chi connectivity index (χ2n) is 7.91. The topological polar surface area (TPSA) is 106 Å². The van der Waals surface area contributed by atoms with Gasteiger partial charge in [0.1, 0.15) is 12.1 Å². The highest BCUT2D eigenvalue weighted by molar-refractivity contribution is 5.84. The van der Waals surface area contributed by atoms with Crippen LogP contribution >= 0.6 is 0 Å². The van der Waals surface area contributed by atoms with Gasteiger partial charge in [-0.15, -0.1) is 0 Å². The standard InChI is InChI=1S/C25H28N4O5/c1-32-20-11-7-10-17(23(20)33-2)22-21-18(26-15-27-21)12-13-29(22)25(31)28-19(24(30)34-3)14-16-8-5-4-6-9-16/h4-11,15,19,22H,12-14H2,1-3H3,(H,26,27)(H,28,31). The van der Waals surface area contributed by atoms with E-state index in [-0.39, 0.29) is 0 Å². The molecule has 1 aromatic heterocycles. The number of nitrogens with zero attached hydrogens (tertiary/aromatic N) is 2. The fourth-order valence-electron chi connectivity index (χ4n) is 4.36. The molecule has 0 saturated carbocycles. The van der Waals surface area contributed by atoms with Crippen LogP contribution in [0.15, 0.2) is 54.9 Å². The number of aromatic amines is 1. The van der Waals surface area contributed by atoms with Crippen molar-refractivity contribution in [2.24, 2.45) is 0 Å². The van der Waals surface area contributed by atoms with E-state index in [4.69, 9.17) is 14.2 Å². The molecule has 178 valence electrons. The maximum atomic E-state index is 13.6. The average Bonchev–Trinajstić information content (AvgIpc) is 3.36. The maximum Gasteiger partial charge on any atom is 0.328 e. The van der Waals surface area contributed by atoms with Crippen LogP contribution in [0.5, 0.6) is 11.5 Å². The lowest BCUT2D eigenvalue weighted by Crippen LogP contribution is -2.52. The van der Waals surface area contributed by atoms with Crippen LogP contribution in [0.4, 0.5) is 4.79 Å². The number of rotatable bonds is 7. The molecule has 1 aliphatic heterocycles. The highest BCUT2D eigenvalue weighted by atomic mass is 16.5.